The average molecular weight is 386 g/mol. The third-order valence-corrected chi connectivity index (χ3v) is 3.60. The van der Waals surface area contributed by atoms with Gasteiger partial charge in [-0.1, -0.05) is 32.0 Å². The van der Waals surface area contributed by atoms with Gasteiger partial charge in [-0.25, -0.2) is 4.39 Å². The van der Waals surface area contributed by atoms with Gasteiger partial charge in [0.05, 0.1) is 19.3 Å². The van der Waals surface area contributed by atoms with E-state index in [0.717, 1.165) is 0 Å². The van der Waals surface area contributed by atoms with Gasteiger partial charge in [0.1, 0.15) is 5.82 Å². The molecule has 0 radical (unpaired) electrons. The summed E-state index contributed by atoms with van der Waals surface area (Å²) in [6.07, 6.45) is 2.80. The lowest BCUT2D eigenvalue weighted by Gasteiger charge is -2.12. The van der Waals surface area contributed by atoms with Gasteiger partial charge in [0.15, 0.2) is 11.5 Å². The van der Waals surface area contributed by atoms with Crippen molar-refractivity contribution in [1.82, 2.24) is 10.9 Å². The van der Waals surface area contributed by atoms with E-state index in [4.69, 9.17) is 9.47 Å². The number of carbonyl (C=O) groups is 2. The SMILES string of the molecule is COc1cc(C=CC(=O)NNC(=O)c2ccccc2F)ccc1OCC(C)C. The molecule has 0 aliphatic rings. The van der Waals surface area contributed by atoms with Gasteiger partial charge in [-0.2, -0.15) is 0 Å². The van der Waals surface area contributed by atoms with Crippen LogP contribution in [-0.2, 0) is 4.79 Å². The van der Waals surface area contributed by atoms with Gasteiger partial charge >= 0.3 is 0 Å². The number of methoxy groups -OCH3 is 1. The second-order valence-electron chi connectivity index (χ2n) is 6.37. The minimum atomic E-state index is -0.742. The van der Waals surface area contributed by atoms with Crippen LogP contribution >= 0.6 is 0 Å². The van der Waals surface area contributed by atoms with Gasteiger partial charge in [0.25, 0.3) is 11.8 Å². The summed E-state index contributed by atoms with van der Waals surface area (Å²) < 4.78 is 24.5. The fraction of sp³-hybridized carbons (Fsp3) is 0.238. The Morgan fingerprint density at radius 3 is 2.54 bits per heavy atom. The highest BCUT2D eigenvalue weighted by Gasteiger charge is 2.11. The van der Waals surface area contributed by atoms with Crippen molar-refractivity contribution >= 4 is 17.9 Å². The van der Waals surface area contributed by atoms with Crippen molar-refractivity contribution in [2.45, 2.75) is 13.8 Å². The number of rotatable bonds is 7. The minimum absolute atomic E-state index is 0.159. The molecule has 2 rings (SSSR count). The normalized spacial score (nSPS) is 10.8. The first-order valence-electron chi connectivity index (χ1n) is 8.74. The van der Waals surface area contributed by atoms with Crippen molar-refractivity contribution in [3.8, 4) is 11.5 Å². The zero-order valence-corrected chi connectivity index (χ0v) is 16.0. The van der Waals surface area contributed by atoms with E-state index >= 15 is 0 Å². The molecule has 0 atom stereocenters. The van der Waals surface area contributed by atoms with Gasteiger partial charge in [0, 0.05) is 6.08 Å². The number of nitrogens with one attached hydrogen (secondary N) is 2. The Morgan fingerprint density at radius 2 is 1.86 bits per heavy atom. The van der Waals surface area contributed by atoms with Gasteiger partial charge in [-0.3, -0.25) is 20.4 Å². The molecule has 0 aliphatic carbocycles. The molecule has 0 saturated carbocycles. The molecule has 0 heterocycles. The lowest BCUT2D eigenvalue weighted by atomic mass is 10.2. The van der Waals surface area contributed by atoms with Crippen LogP contribution < -0.4 is 20.3 Å². The molecular weight excluding hydrogens is 363 g/mol. The van der Waals surface area contributed by atoms with Crippen molar-refractivity contribution in [2.24, 2.45) is 5.92 Å². The van der Waals surface area contributed by atoms with Crippen LogP contribution in [0.3, 0.4) is 0 Å². The number of ether oxygens (including phenoxy) is 2. The van der Waals surface area contributed by atoms with Crippen molar-refractivity contribution in [3.63, 3.8) is 0 Å². The molecule has 0 bridgehead atoms. The van der Waals surface area contributed by atoms with E-state index in [1.54, 1.807) is 24.3 Å². The molecule has 0 spiro atoms. The number of hydrogen-bond acceptors (Lipinski definition) is 4. The molecular formula is C21H23FN2O4. The van der Waals surface area contributed by atoms with Crippen LogP contribution in [0.1, 0.15) is 29.8 Å². The van der Waals surface area contributed by atoms with Crippen molar-refractivity contribution in [2.75, 3.05) is 13.7 Å². The lowest BCUT2D eigenvalue weighted by Crippen LogP contribution is -2.41. The molecule has 2 amide bonds. The number of hydrogen-bond donors (Lipinski definition) is 2. The minimum Gasteiger partial charge on any atom is -0.493 e. The first kappa shape index (κ1) is 21.0. The van der Waals surface area contributed by atoms with Crippen LogP contribution in [-0.4, -0.2) is 25.5 Å². The molecule has 7 heteroatoms. The molecule has 6 nitrogen and oxygen atoms in total. The summed E-state index contributed by atoms with van der Waals surface area (Å²) in [7, 11) is 1.54. The smallest absolute Gasteiger partial charge is 0.272 e. The van der Waals surface area contributed by atoms with Crippen LogP contribution in [0.15, 0.2) is 48.5 Å². The molecule has 2 N–H and O–H groups in total. The van der Waals surface area contributed by atoms with Gasteiger partial charge < -0.3 is 9.47 Å². The van der Waals surface area contributed by atoms with Crippen molar-refractivity contribution in [1.29, 1.82) is 0 Å². The van der Waals surface area contributed by atoms with Gasteiger partial charge in [-0.05, 0) is 41.8 Å². The Morgan fingerprint density at radius 1 is 1.11 bits per heavy atom. The number of benzene rings is 2. The maximum Gasteiger partial charge on any atom is 0.272 e. The average Bonchev–Trinajstić information content (AvgIpc) is 2.69. The Balaban J connectivity index is 1.94. The summed E-state index contributed by atoms with van der Waals surface area (Å²) in [5, 5.41) is 0. The predicted molar refractivity (Wildman–Crippen MR) is 104 cm³/mol. The van der Waals surface area contributed by atoms with E-state index in [2.05, 4.69) is 10.9 Å². The number of hydrazine groups is 1. The zero-order chi connectivity index (χ0) is 20.5. The molecule has 0 aromatic heterocycles. The lowest BCUT2D eigenvalue weighted by molar-refractivity contribution is -0.117. The van der Waals surface area contributed by atoms with E-state index < -0.39 is 17.6 Å². The second kappa shape index (κ2) is 10.1. The Bertz CT molecular complexity index is 865. The maximum absolute atomic E-state index is 13.5. The van der Waals surface area contributed by atoms with Gasteiger partial charge in [-0.15, -0.1) is 0 Å². The first-order valence-corrected chi connectivity index (χ1v) is 8.74. The highest BCUT2D eigenvalue weighted by atomic mass is 19.1. The van der Waals surface area contributed by atoms with Gasteiger partial charge in [0.2, 0.25) is 0 Å². The first-order chi connectivity index (χ1) is 13.4. The van der Waals surface area contributed by atoms with Crippen LogP contribution in [0.4, 0.5) is 4.39 Å². The Hall–Kier alpha value is -3.35. The summed E-state index contributed by atoms with van der Waals surface area (Å²) in [5.41, 5.74) is 4.92. The van der Waals surface area contributed by atoms with E-state index in [1.807, 2.05) is 13.8 Å². The van der Waals surface area contributed by atoms with E-state index in [-0.39, 0.29) is 5.56 Å². The van der Waals surface area contributed by atoms with Crippen LogP contribution in [0, 0.1) is 11.7 Å². The molecule has 28 heavy (non-hydrogen) atoms. The standard InChI is InChI=1S/C21H23FN2O4/c1-14(2)13-28-18-10-8-15(12-19(18)27-3)9-11-20(25)23-24-21(26)16-6-4-5-7-17(16)22/h4-12,14H,13H2,1-3H3,(H,23,25)(H,24,26). The van der Waals surface area contributed by atoms with E-state index in [9.17, 15) is 14.0 Å². The fourth-order valence-electron chi connectivity index (χ4n) is 2.21. The molecule has 0 unspecified atom stereocenters. The summed E-state index contributed by atoms with van der Waals surface area (Å²) >= 11 is 0. The third kappa shape index (κ3) is 6.12. The quantitative estimate of drug-likeness (QED) is 0.565. The van der Waals surface area contributed by atoms with E-state index in [0.29, 0.717) is 29.6 Å². The molecule has 0 saturated heterocycles. The fourth-order valence-corrected chi connectivity index (χ4v) is 2.21. The number of carbonyl (C=O) groups excluding carboxylic acids is 2. The molecule has 148 valence electrons. The monoisotopic (exact) mass is 386 g/mol. The van der Waals surface area contributed by atoms with Crippen molar-refractivity contribution in [3.05, 3.63) is 65.5 Å². The number of halogens is 1. The van der Waals surface area contributed by atoms with E-state index in [1.165, 1.54) is 37.5 Å². The highest BCUT2D eigenvalue weighted by molar-refractivity contribution is 5.98. The molecule has 2 aromatic rings. The molecule has 0 aliphatic heterocycles. The second-order valence-corrected chi connectivity index (χ2v) is 6.37. The van der Waals surface area contributed by atoms with Crippen molar-refractivity contribution < 1.29 is 23.5 Å². The van der Waals surface area contributed by atoms with Crippen LogP contribution in [0.2, 0.25) is 0 Å². The zero-order valence-electron chi connectivity index (χ0n) is 16.0. The summed E-state index contributed by atoms with van der Waals surface area (Å²) in [6, 6.07) is 10.8. The summed E-state index contributed by atoms with van der Waals surface area (Å²) in [6.45, 7) is 4.66. The predicted octanol–water partition coefficient (Wildman–Crippen LogP) is 3.34. The topological polar surface area (TPSA) is 76.7 Å². The Labute approximate surface area is 163 Å². The Kier molecular flexibility index (Phi) is 7.56. The highest BCUT2D eigenvalue weighted by Crippen LogP contribution is 2.28. The van der Waals surface area contributed by atoms with Crippen LogP contribution in [0.25, 0.3) is 6.08 Å². The maximum atomic E-state index is 13.5. The summed E-state index contributed by atoms with van der Waals surface area (Å²) in [4.78, 5) is 23.7. The molecule has 2 aromatic carbocycles. The van der Waals surface area contributed by atoms with Crippen LogP contribution in [0.5, 0.6) is 11.5 Å². The number of amides is 2. The largest absolute Gasteiger partial charge is 0.493 e. The third-order valence-electron chi connectivity index (χ3n) is 3.60. The molecule has 0 fully saturated rings. The summed E-state index contributed by atoms with van der Waals surface area (Å²) in [5.74, 6) is -0.424.